The number of ether oxygens (including phenoxy) is 1. The molecular formula is C28H19NO4. The molecule has 0 N–H and O–H groups in total. The van der Waals surface area contributed by atoms with E-state index < -0.39 is 5.63 Å². The van der Waals surface area contributed by atoms with Gasteiger partial charge < -0.3 is 13.6 Å². The van der Waals surface area contributed by atoms with Gasteiger partial charge in [-0.25, -0.2) is 9.78 Å². The van der Waals surface area contributed by atoms with E-state index in [-0.39, 0.29) is 0 Å². The minimum Gasteiger partial charge on any atom is -0.497 e. The molecule has 0 saturated carbocycles. The first kappa shape index (κ1) is 19.3. The molecule has 3 aromatic carbocycles. The van der Waals surface area contributed by atoms with Crippen LogP contribution in [0.4, 0.5) is 0 Å². The number of methoxy groups -OCH3 is 1. The Balaban J connectivity index is 1.69. The van der Waals surface area contributed by atoms with Crippen molar-refractivity contribution in [1.82, 2.24) is 4.98 Å². The average molecular weight is 433 g/mol. The fourth-order valence-electron chi connectivity index (χ4n) is 4.21. The summed E-state index contributed by atoms with van der Waals surface area (Å²) < 4.78 is 17.1. The molecule has 0 fully saturated rings. The monoisotopic (exact) mass is 433 g/mol. The zero-order valence-corrected chi connectivity index (χ0v) is 18.1. The Labute approximate surface area is 188 Å². The van der Waals surface area contributed by atoms with Crippen LogP contribution in [0, 0.1) is 6.92 Å². The van der Waals surface area contributed by atoms with Gasteiger partial charge in [0.15, 0.2) is 5.58 Å². The minimum absolute atomic E-state index is 0.410. The van der Waals surface area contributed by atoms with Crippen LogP contribution in [-0.2, 0) is 0 Å². The largest absolute Gasteiger partial charge is 0.497 e. The summed E-state index contributed by atoms with van der Waals surface area (Å²) in [6, 6.07) is 24.9. The second-order valence-electron chi connectivity index (χ2n) is 8.05. The molecule has 0 amide bonds. The molecule has 0 unspecified atom stereocenters. The molecule has 0 spiro atoms. The SMILES string of the molecule is COc1ccc(-c2cc(-c3cc4ccccc4oc3=O)nc3c2oc2ccc(C)cc23)cc1. The van der Waals surface area contributed by atoms with Crippen LogP contribution < -0.4 is 10.4 Å². The van der Waals surface area contributed by atoms with E-state index >= 15 is 0 Å². The number of fused-ring (bicyclic) bond motifs is 4. The number of hydrogen-bond acceptors (Lipinski definition) is 5. The van der Waals surface area contributed by atoms with Gasteiger partial charge in [0.05, 0.1) is 18.4 Å². The summed E-state index contributed by atoms with van der Waals surface area (Å²) in [5, 5.41) is 1.75. The van der Waals surface area contributed by atoms with E-state index in [0.29, 0.717) is 27.9 Å². The third-order valence-corrected chi connectivity index (χ3v) is 5.89. The van der Waals surface area contributed by atoms with Crippen molar-refractivity contribution in [3.8, 4) is 28.1 Å². The number of aryl methyl sites for hydroxylation is 1. The first-order chi connectivity index (χ1) is 16.1. The first-order valence-corrected chi connectivity index (χ1v) is 10.6. The molecule has 0 aliphatic carbocycles. The highest BCUT2D eigenvalue weighted by atomic mass is 16.5. The lowest BCUT2D eigenvalue weighted by molar-refractivity contribution is 0.415. The molecule has 160 valence electrons. The molecule has 0 saturated heterocycles. The van der Waals surface area contributed by atoms with E-state index in [2.05, 4.69) is 6.07 Å². The van der Waals surface area contributed by atoms with Gasteiger partial charge in [-0.3, -0.25) is 0 Å². The van der Waals surface area contributed by atoms with Gasteiger partial charge in [-0.15, -0.1) is 0 Å². The molecule has 5 nitrogen and oxygen atoms in total. The van der Waals surface area contributed by atoms with Crippen molar-refractivity contribution in [2.24, 2.45) is 0 Å². The highest BCUT2D eigenvalue weighted by molar-refractivity contribution is 6.08. The summed E-state index contributed by atoms with van der Waals surface area (Å²) in [5.74, 6) is 0.764. The Morgan fingerprint density at radius 2 is 1.64 bits per heavy atom. The number of rotatable bonds is 3. The fourth-order valence-corrected chi connectivity index (χ4v) is 4.21. The van der Waals surface area contributed by atoms with Gasteiger partial charge in [0.25, 0.3) is 0 Å². The van der Waals surface area contributed by atoms with E-state index in [1.54, 1.807) is 13.2 Å². The van der Waals surface area contributed by atoms with Crippen molar-refractivity contribution in [2.45, 2.75) is 6.92 Å². The third kappa shape index (κ3) is 3.17. The van der Waals surface area contributed by atoms with Gasteiger partial charge >= 0.3 is 5.63 Å². The minimum atomic E-state index is -0.426. The van der Waals surface area contributed by atoms with Crippen LogP contribution in [0.5, 0.6) is 5.75 Å². The van der Waals surface area contributed by atoms with E-state index in [9.17, 15) is 4.79 Å². The molecular weight excluding hydrogens is 414 g/mol. The lowest BCUT2D eigenvalue weighted by Crippen LogP contribution is -2.04. The van der Waals surface area contributed by atoms with Gasteiger partial charge in [0.2, 0.25) is 0 Å². The lowest BCUT2D eigenvalue weighted by atomic mass is 10.0. The smallest absolute Gasteiger partial charge is 0.345 e. The summed E-state index contributed by atoms with van der Waals surface area (Å²) in [6.45, 7) is 2.03. The molecule has 0 aliphatic heterocycles. The van der Waals surface area contributed by atoms with Crippen molar-refractivity contribution in [2.75, 3.05) is 7.11 Å². The molecule has 0 atom stereocenters. The standard InChI is InChI=1S/C28H19NO4/c1-16-7-12-25-22(13-16)26-27(32-25)20(17-8-10-19(31-2)11-9-17)15-23(29-26)21-14-18-5-3-4-6-24(18)33-28(21)30/h3-15H,1-2H3. The predicted molar refractivity (Wildman–Crippen MR) is 130 cm³/mol. The van der Waals surface area contributed by atoms with Gasteiger partial charge in [0.1, 0.15) is 22.4 Å². The number of furan rings is 1. The highest BCUT2D eigenvalue weighted by Gasteiger charge is 2.19. The second kappa shape index (κ2) is 7.35. The number of para-hydroxylation sites is 1. The van der Waals surface area contributed by atoms with E-state index in [0.717, 1.165) is 38.8 Å². The molecule has 6 rings (SSSR count). The number of aromatic nitrogens is 1. The van der Waals surface area contributed by atoms with Crippen LogP contribution in [0.2, 0.25) is 0 Å². The van der Waals surface area contributed by atoms with E-state index in [4.69, 9.17) is 18.6 Å². The van der Waals surface area contributed by atoms with E-state index in [1.165, 1.54) is 0 Å². The highest BCUT2D eigenvalue weighted by Crippen LogP contribution is 2.38. The zero-order valence-electron chi connectivity index (χ0n) is 18.1. The summed E-state index contributed by atoms with van der Waals surface area (Å²) in [7, 11) is 1.64. The Morgan fingerprint density at radius 3 is 2.45 bits per heavy atom. The maximum absolute atomic E-state index is 12.9. The van der Waals surface area contributed by atoms with Crippen LogP contribution >= 0.6 is 0 Å². The van der Waals surface area contributed by atoms with Crippen LogP contribution in [-0.4, -0.2) is 12.1 Å². The molecule has 0 aliphatic rings. The second-order valence-corrected chi connectivity index (χ2v) is 8.05. The third-order valence-electron chi connectivity index (χ3n) is 5.89. The molecule has 0 radical (unpaired) electrons. The summed E-state index contributed by atoms with van der Waals surface area (Å²) in [4.78, 5) is 17.8. The molecule has 6 aromatic rings. The summed E-state index contributed by atoms with van der Waals surface area (Å²) in [5.41, 5.74) is 6.10. The number of pyridine rings is 1. The van der Waals surface area contributed by atoms with Crippen molar-refractivity contribution in [3.63, 3.8) is 0 Å². The molecule has 0 bridgehead atoms. The summed E-state index contributed by atoms with van der Waals surface area (Å²) >= 11 is 0. The van der Waals surface area contributed by atoms with Gasteiger partial charge in [-0.1, -0.05) is 42.0 Å². The quantitative estimate of drug-likeness (QED) is 0.289. The molecule has 3 heterocycles. The Morgan fingerprint density at radius 1 is 0.818 bits per heavy atom. The Hall–Kier alpha value is -4.38. The zero-order chi connectivity index (χ0) is 22.5. The van der Waals surface area contributed by atoms with Crippen LogP contribution in [0.1, 0.15) is 5.56 Å². The topological polar surface area (TPSA) is 65.5 Å². The van der Waals surface area contributed by atoms with Crippen LogP contribution in [0.3, 0.4) is 0 Å². The maximum Gasteiger partial charge on any atom is 0.345 e. The lowest BCUT2D eigenvalue weighted by Gasteiger charge is -2.08. The van der Waals surface area contributed by atoms with Crippen molar-refractivity contribution in [3.05, 3.63) is 94.8 Å². The molecule has 3 aromatic heterocycles. The van der Waals surface area contributed by atoms with Crippen LogP contribution in [0.25, 0.3) is 55.4 Å². The molecule has 5 heteroatoms. The first-order valence-electron chi connectivity index (χ1n) is 10.6. The number of nitrogens with zero attached hydrogens (tertiary/aromatic N) is 1. The Kier molecular flexibility index (Phi) is 4.30. The fraction of sp³-hybridized carbons (Fsp3) is 0.0714. The average Bonchev–Trinajstić information content (AvgIpc) is 3.21. The van der Waals surface area contributed by atoms with Crippen LogP contribution in [0.15, 0.2) is 92.5 Å². The van der Waals surface area contributed by atoms with E-state index in [1.807, 2.05) is 73.7 Å². The summed E-state index contributed by atoms with van der Waals surface area (Å²) in [6.07, 6.45) is 0. The predicted octanol–water partition coefficient (Wildman–Crippen LogP) is 6.74. The van der Waals surface area contributed by atoms with Crippen molar-refractivity contribution in [1.29, 1.82) is 0 Å². The maximum atomic E-state index is 12.9. The van der Waals surface area contributed by atoms with Crippen molar-refractivity contribution >= 4 is 33.0 Å². The van der Waals surface area contributed by atoms with Crippen molar-refractivity contribution < 1.29 is 13.6 Å². The normalized spacial score (nSPS) is 11.5. The molecule has 33 heavy (non-hydrogen) atoms. The number of benzene rings is 3. The van der Waals surface area contributed by atoms with Gasteiger partial charge in [-0.2, -0.15) is 0 Å². The Bertz CT molecular complexity index is 1730. The van der Waals surface area contributed by atoms with Gasteiger partial charge in [-0.05, 0) is 55.0 Å². The number of hydrogen-bond donors (Lipinski definition) is 0. The van der Waals surface area contributed by atoms with Gasteiger partial charge in [0, 0.05) is 16.3 Å².